The highest BCUT2D eigenvalue weighted by Crippen LogP contribution is 2.35. The highest BCUT2D eigenvalue weighted by Gasteiger charge is 2.16. The summed E-state index contributed by atoms with van der Waals surface area (Å²) in [7, 11) is 2.92. The van der Waals surface area contributed by atoms with Gasteiger partial charge in [-0.05, 0) is 18.2 Å². The molecule has 0 radical (unpaired) electrons. The zero-order valence-corrected chi connectivity index (χ0v) is 15.3. The Balaban J connectivity index is 1.78. The molecule has 1 heterocycles. The second kappa shape index (κ2) is 7.96. The number of hydrogen-bond acceptors (Lipinski definition) is 6. The van der Waals surface area contributed by atoms with Crippen LogP contribution in [0.2, 0.25) is 5.02 Å². The number of amides is 1. The van der Waals surface area contributed by atoms with Crippen LogP contribution in [-0.2, 0) is 11.3 Å². The summed E-state index contributed by atoms with van der Waals surface area (Å²) >= 11 is 6.08. The Morgan fingerprint density at radius 3 is 2.56 bits per heavy atom. The van der Waals surface area contributed by atoms with Gasteiger partial charge in [-0.3, -0.25) is 4.79 Å². The van der Waals surface area contributed by atoms with E-state index < -0.39 is 11.7 Å². The average molecular weight is 390 g/mol. The number of nitrogens with one attached hydrogen (secondary N) is 1. The van der Waals surface area contributed by atoms with Crippen molar-refractivity contribution in [2.24, 2.45) is 0 Å². The van der Waals surface area contributed by atoms with Crippen molar-refractivity contribution in [2.45, 2.75) is 6.54 Å². The molecule has 3 rings (SSSR count). The number of methoxy groups -OCH3 is 2. The lowest BCUT2D eigenvalue weighted by molar-refractivity contribution is -0.117. The van der Waals surface area contributed by atoms with Crippen LogP contribution in [0.15, 0.2) is 51.7 Å². The molecule has 3 aromatic rings. The molecule has 0 aliphatic rings. The van der Waals surface area contributed by atoms with Crippen LogP contribution in [0.25, 0.3) is 11.5 Å². The lowest BCUT2D eigenvalue weighted by Gasteiger charge is -2.12. The van der Waals surface area contributed by atoms with Gasteiger partial charge in [0.25, 0.3) is 0 Å². The first-order chi connectivity index (χ1) is 13.0. The van der Waals surface area contributed by atoms with Gasteiger partial charge < -0.3 is 19.2 Å². The molecule has 0 aliphatic carbocycles. The first-order valence-electron chi connectivity index (χ1n) is 7.86. The third kappa shape index (κ3) is 4.12. The van der Waals surface area contributed by atoms with E-state index in [1.165, 1.54) is 20.3 Å². The smallest absolute Gasteiger partial charge is 0.437 e. The van der Waals surface area contributed by atoms with Gasteiger partial charge in [-0.25, -0.2) is 4.79 Å². The van der Waals surface area contributed by atoms with Crippen molar-refractivity contribution >= 4 is 23.2 Å². The molecule has 0 saturated carbocycles. The van der Waals surface area contributed by atoms with Crippen molar-refractivity contribution in [3.63, 3.8) is 0 Å². The molecule has 0 saturated heterocycles. The molecule has 9 heteroatoms. The van der Waals surface area contributed by atoms with Gasteiger partial charge in [0.05, 0.1) is 24.9 Å². The maximum absolute atomic E-state index is 12.3. The number of carbonyl (C=O) groups excluding carboxylic acids is 1. The number of ether oxygens (including phenoxy) is 2. The maximum Gasteiger partial charge on any atom is 0.437 e. The van der Waals surface area contributed by atoms with Gasteiger partial charge >= 0.3 is 5.76 Å². The van der Waals surface area contributed by atoms with Crippen molar-refractivity contribution in [1.82, 2.24) is 9.78 Å². The van der Waals surface area contributed by atoms with Gasteiger partial charge in [-0.1, -0.05) is 29.8 Å². The van der Waals surface area contributed by atoms with E-state index in [1.807, 2.05) is 6.07 Å². The van der Waals surface area contributed by atoms with E-state index in [-0.39, 0.29) is 12.4 Å². The molecule has 27 heavy (non-hydrogen) atoms. The summed E-state index contributed by atoms with van der Waals surface area (Å²) in [5.41, 5.74) is 0.977. The number of hydrogen-bond donors (Lipinski definition) is 1. The lowest BCUT2D eigenvalue weighted by atomic mass is 10.2. The van der Waals surface area contributed by atoms with E-state index in [0.29, 0.717) is 27.8 Å². The standard InChI is InChI=1S/C18H16ClN3O5/c1-25-14-9-15(26-2)13(8-12(14)19)20-16(23)10-22-18(24)27-17(21-22)11-6-4-3-5-7-11/h3-9H,10H2,1-2H3,(H,20,23). The first-order valence-corrected chi connectivity index (χ1v) is 8.24. The van der Waals surface area contributed by atoms with Gasteiger partial charge in [0.2, 0.25) is 11.8 Å². The second-order valence-corrected chi connectivity index (χ2v) is 5.84. The monoisotopic (exact) mass is 389 g/mol. The third-order valence-electron chi connectivity index (χ3n) is 3.67. The molecule has 1 N–H and O–H groups in total. The molecular formula is C18H16ClN3O5. The highest BCUT2D eigenvalue weighted by atomic mass is 35.5. The third-order valence-corrected chi connectivity index (χ3v) is 3.96. The largest absolute Gasteiger partial charge is 0.495 e. The Labute approximate surface area is 159 Å². The second-order valence-electron chi connectivity index (χ2n) is 5.43. The van der Waals surface area contributed by atoms with E-state index in [2.05, 4.69) is 10.4 Å². The van der Waals surface area contributed by atoms with Crippen LogP contribution >= 0.6 is 11.6 Å². The first kappa shape index (κ1) is 18.5. The molecule has 0 unspecified atom stereocenters. The summed E-state index contributed by atoms with van der Waals surface area (Å²) in [6.45, 7) is -0.331. The molecule has 1 amide bonds. The zero-order valence-electron chi connectivity index (χ0n) is 14.6. The van der Waals surface area contributed by atoms with Crippen molar-refractivity contribution in [2.75, 3.05) is 19.5 Å². The normalized spacial score (nSPS) is 10.5. The topological polar surface area (TPSA) is 95.6 Å². The van der Waals surface area contributed by atoms with E-state index in [9.17, 15) is 9.59 Å². The van der Waals surface area contributed by atoms with Crippen molar-refractivity contribution in [1.29, 1.82) is 0 Å². The molecule has 8 nitrogen and oxygen atoms in total. The SMILES string of the molecule is COc1cc(OC)c(NC(=O)Cn2nc(-c3ccccc3)oc2=O)cc1Cl. The molecule has 0 fully saturated rings. The molecule has 0 atom stereocenters. The quantitative estimate of drug-likeness (QED) is 0.696. The molecule has 1 aromatic heterocycles. The molecule has 0 bridgehead atoms. The lowest BCUT2D eigenvalue weighted by Crippen LogP contribution is -2.26. The van der Waals surface area contributed by atoms with Crippen LogP contribution in [0.4, 0.5) is 5.69 Å². The number of halogens is 1. The number of carbonyl (C=O) groups is 1. The zero-order chi connectivity index (χ0) is 19.4. The van der Waals surface area contributed by atoms with Gasteiger partial charge in [0, 0.05) is 11.6 Å². The Morgan fingerprint density at radius 2 is 1.89 bits per heavy atom. The molecule has 2 aromatic carbocycles. The molecular weight excluding hydrogens is 374 g/mol. The summed E-state index contributed by atoms with van der Waals surface area (Å²) in [4.78, 5) is 24.3. The Hall–Kier alpha value is -3.26. The van der Waals surface area contributed by atoms with E-state index in [0.717, 1.165) is 4.68 Å². The number of rotatable bonds is 6. The number of anilines is 1. The minimum absolute atomic E-state index is 0.137. The van der Waals surface area contributed by atoms with E-state index in [4.69, 9.17) is 25.5 Å². The summed E-state index contributed by atoms with van der Waals surface area (Å²) in [5.74, 6) is -0.319. The Morgan fingerprint density at radius 1 is 1.19 bits per heavy atom. The summed E-state index contributed by atoms with van der Waals surface area (Å²) in [6.07, 6.45) is 0. The maximum atomic E-state index is 12.3. The highest BCUT2D eigenvalue weighted by molar-refractivity contribution is 6.32. The summed E-state index contributed by atoms with van der Waals surface area (Å²) < 4.78 is 16.4. The predicted octanol–water partition coefficient (Wildman–Crippen LogP) is 2.81. The van der Waals surface area contributed by atoms with Crippen molar-refractivity contribution < 1.29 is 18.7 Å². The number of nitrogens with zero attached hydrogens (tertiary/aromatic N) is 2. The Kier molecular flexibility index (Phi) is 5.46. The van der Waals surface area contributed by atoms with E-state index >= 15 is 0 Å². The van der Waals surface area contributed by atoms with Crippen LogP contribution in [0.1, 0.15) is 0 Å². The molecule has 0 aliphatic heterocycles. The summed E-state index contributed by atoms with van der Waals surface area (Å²) in [5, 5.41) is 6.99. The van der Waals surface area contributed by atoms with Gasteiger partial charge in [0.1, 0.15) is 18.0 Å². The van der Waals surface area contributed by atoms with Crippen molar-refractivity contribution in [3.05, 3.63) is 58.0 Å². The van der Waals surface area contributed by atoms with Crippen LogP contribution in [0, 0.1) is 0 Å². The predicted molar refractivity (Wildman–Crippen MR) is 99.4 cm³/mol. The van der Waals surface area contributed by atoms with Crippen LogP contribution < -0.4 is 20.5 Å². The van der Waals surface area contributed by atoms with Crippen LogP contribution in [0.5, 0.6) is 11.5 Å². The fraction of sp³-hybridized carbons (Fsp3) is 0.167. The molecule has 0 spiro atoms. The summed E-state index contributed by atoms with van der Waals surface area (Å²) in [6, 6.07) is 12.0. The van der Waals surface area contributed by atoms with Crippen molar-refractivity contribution in [3.8, 4) is 23.0 Å². The van der Waals surface area contributed by atoms with Crippen LogP contribution in [-0.4, -0.2) is 29.9 Å². The minimum atomic E-state index is -0.733. The van der Waals surface area contributed by atoms with Gasteiger partial charge in [-0.2, -0.15) is 4.68 Å². The molecule has 140 valence electrons. The average Bonchev–Trinajstić information content (AvgIpc) is 3.03. The fourth-order valence-corrected chi connectivity index (χ4v) is 2.63. The van der Waals surface area contributed by atoms with Crippen LogP contribution in [0.3, 0.4) is 0 Å². The minimum Gasteiger partial charge on any atom is -0.495 e. The van der Waals surface area contributed by atoms with Gasteiger partial charge in [-0.15, -0.1) is 5.10 Å². The van der Waals surface area contributed by atoms with Gasteiger partial charge in [0.15, 0.2) is 0 Å². The number of aromatic nitrogens is 2. The number of benzene rings is 2. The Bertz CT molecular complexity index is 1010. The fourth-order valence-electron chi connectivity index (χ4n) is 2.39. The van der Waals surface area contributed by atoms with E-state index in [1.54, 1.807) is 30.3 Å².